The zero-order valence-electron chi connectivity index (χ0n) is 9.49. The maximum absolute atomic E-state index is 5.21. The lowest BCUT2D eigenvalue weighted by molar-refractivity contribution is 0.375. The highest BCUT2D eigenvalue weighted by molar-refractivity contribution is 7.08. The molecule has 0 spiro atoms. The smallest absolute Gasteiger partial charge is 0.227 e. The molecule has 0 bridgehead atoms. The molecule has 4 nitrogen and oxygen atoms in total. The van der Waals surface area contributed by atoms with Crippen LogP contribution in [0.2, 0.25) is 0 Å². The first-order valence-corrected chi connectivity index (χ1v) is 6.26. The van der Waals surface area contributed by atoms with Crippen LogP contribution in [0.15, 0.2) is 15.3 Å². The third-order valence-corrected chi connectivity index (χ3v) is 3.24. The standard InChI is InChI=1S/C11H15N3OS/c1-8-6-16-7-9(8)11-13-10(15-14-11)4-3-5-12-2/h6-7,12H,3-5H2,1-2H3. The Hall–Kier alpha value is -1.20. The average molecular weight is 237 g/mol. The second-order valence-corrected chi connectivity index (χ2v) is 4.43. The Morgan fingerprint density at radius 3 is 3.00 bits per heavy atom. The minimum absolute atomic E-state index is 0.707. The first kappa shape index (κ1) is 11.3. The zero-order valence-corrected chi connectivity index (χ0v) is 10.3. The molecule has 2 heterocycles. The topological polar surface area (TPSA) is 51.0 Å². The molecule has 1 N–H and O–H groups in total. The molecule has 5 heteroatoms. The summed E-state index contributed by atoms with van der Waals surface area (Å²) in [5.74, 6) is 1.43. The summed E-state index contributed by atoms with van der Waals surface area (Å²) < 4.78 is 5.21. The van der Waals surface area contributed by atoms with Gasteiger partial charge in [0.1, 0.15) is 0 Å². The van der Waals surface area contributed by atoms with Gasteiger partial charge in [-0.15, -0.1) is 0 Å². The molecule has 0 aliphatic carbocycles. The number of hydrogen-bond donors (Lipinski definition) is 1. The highest BCUT2D eigenvalue weighted by Crippen LogP contribution is 2.24. The maximum Gasteiger partial charge on any atom is 0.227 e. The van der Waals surface area contributed by atoms with Crippen LogP contribution in [-0.4, -0.2) is 23.7 Å². The van der Waals surface area contributed by atoms with Gasteiger partial charge in [0.05, 0.1) is 0 Å². The van der Waals surface area contributed by atoms with Crippen LogP contribution in [0.25, 0.3) is 11.4 Å². The van der Waals surface area contributed by atoms with Crippen molar-refractivity contribution in [3.05, 3.63) is 22.2 Å². The Kier molecular flexibility index (Phi) is 3.69. The van der Waals surface area contributed by atoms with Crippen LogP contribution in [0.1, 0.15) is 17.9 Å². The van der Waals surface area contributed by atoms with E-state index in [-0.39, 0.29) is 0 Å². The van der Waals surface area contributed by atoms with Gasteiger partial charge in [0.25, 0.3) is 0 Å². The number of hydrogen-bond acceptors (Lipinski definition) is 5. The minimum atomic E-state index is 0.707. The first-order valence-electron chi connectivity index (χ1n) is 5.31. The number of aryl methyl sites for hydroxylation is 2. The van der Waals surface area contributed by atoms with Gasteiger partial charge in [-0.05, 0) is 37.9 Å². The summed E-state index contributed by atoms with van der Waals surface area (Å²) >= 11 is 1.66. The van der Waals surface area contributed by atoms with Gasteiger partial charge in [-0.3, -0.25) is 0 Å². The fraction of sp³-hybridized carbons (Fsp3) is 0.455. The van der Waals surface area contributed by atoms with Crippen LogP contribution in [0.5, 0.6) is 0 Å². The predicted octanol–water partition coefficient (Wildman–Crippen LogP) is 2.26. The van der Waals surface area contributed by atoms with Crippen molar-refractivity contribution in [1.82, 2.24) is 15.5 Å². The summed E-state index contributed by atoms with van der Waals surface area (Å²) in [6.07, 6.45) is 1.85. The molecule has 0 aromatic carbocycles. The van der Waals surface area contributed by atoms with Crippen LogP contribution < -0.4 is 5.32 Å². The van der Waals surface area contributed by atoms with Crippen LogP contribution in [0, 0.1) is 6.92 Å². The number of nitrogens with one attached hydrogen (secondary N) is 1. The van der Waals surface area contributed by atoms with E-state index >= 15 is 0 Å². The Bertz CT molecular complexity index is 450. The Labute approximate surface area is 98.7 Å². The summed E-state index contributed by atoms with van der Waals surface area (Å²) in [6.45, 7) is 3.03. The molecule has 0 unspecified atom stereocenters. The normalized spacial score (nSPS) is 10.9. The predicted molar refractivity (Wildman–Crippen MR) is 64.6 cm³/mol. The third kappa shape index (κ3) is 2.48. The van der Waals surface area contributed by atoms with E-state index in [9.17, 15) is 0 Å². The van der Waals surface area contributed by atoms with Crippen molar-refractivity contribution in [3.63, 3.8) is 0 Å². The van der Waals surface area contributed by atoms with Gasteiger partial charge in [0.15, 0.2) is 0 Å². The van der Waals surface area contributed by atoms with E-state index in [4.69, 9.17) is 4.52 Å². The Morgan fingerprint density at radius 2 is 2.31 bits per heavy atom. The van der Waals surface area contributed by atoms with Crippen LogP contribution in [0.4, 0.5) is 0 Å². The molecule has 0 saturated heterocycles. The summed E-state index contributed by atoms with van der Waals surface area (Å²) in [5, 5.41) is 11.2. The molecular formula is C11H15N3OS. The van der Waals surface area contributed by atoms with Crippen LogP contribution >= 0.6 is 11.3 Å². The Morgan fingerprint density at radius 1 is 1.44 bits per heavy atom. The molecule has 2 aromatic heterocycles. The van der Waals surface area contributed by atoms with Crippen molar-refractivity contribution in [2.45, 2.75) is 19.8 Å². The molecule has 2 rings (SSSR count). The van der Waals surface area contributed by atoms with Gasteiger partial charge in [-0.2, -0.15) is 16.3 Å². The molecule has 0 amide bonds. The second-order valence-electron chi connectivity index (χ2n) is 3.69. The van der Waals surface area contributed by atoms with Crippen molar-refractivity contribution in [2.75, 3.05) is 13.6 Å². The van der Waals surface area contributed by atoms with E-state index in [0.717, 1.165) is 30.8 Å². The van der Waals surface area contributed by atoms with E-state index < -0.39 is 0 Å². The SMILES string of the molecule is CNCCCc1nc(-c2cscc2C)no1. The molecule has 0 atom stereocenters. The number of nitrogens with zero attached hydrogens (tertiary/aromatic N) is 2. The van der Waals surface area contributed by atoms with Crippen LogP contribution in [0.3, 0.4) is 0 Å². The average Bonchev–Trinajstić information content (AvgIpc) is 2.87. The summed E-state index contributed by atoms with van der Waals surface area (Å²) in [6, 6.07) is 0. The summed E-state index contributed by atoms with van der Waals surface area (Å²) in [4.78, 5) is 4.39. The van der Waals surface area contributed by atoms with Crippen LogP contribution in [-0.2, 0) is 6.42 Å². The van der Waals surface area contributed by atoms with Crippen molar-refractivity contribution >= 4 is 11.3 Å². The highest BCUT2D eigenvalue weighted by Gasteiger charge is 2.10. The molecule has 16 heavy (non-hydrogen) atoms. The van der Waals surface area contributed by atoms with E-state index in [0.29, 0.717) is 5.82 Å². The molecule has 2 aromatic rings. The largest absolute Gasteiger partial charge is 0.339 e. The van der Waals surface area contributed by atoms with Crippen molar-refractivity contribution in [1.29, 1.82) is 0 Å². The van der Waals surface area contributed by atoms with Gasteiger partial charge < -0.3 is 9.84 Å². The van der Waals surface area contributed by atoms with Gasteiger partial charge >= 0.3 is 0 Å². The first-order chi connectivity index (χ1) is 7.81. The Balaban J connectivity index is 2.05. The third-order valence-electron chi connectivity index (χ3n) is 2.38. The molecule has 86 valence electrons. The number of rotatable bonds is 5. The lowest BCUT2D eigenvalue weighted by Crippen LogP contribution is -2.08. The lowest BCUT2D eigenvalue weighted by atomic mass is 10.2. The monoisotopic (exact) mass is 237 g/mol. The fourth-order valence-electron chi connectivity index (χ4n) is 1.47. The number of aromatic nitrogens is 2. The zero-order chi connectivity index (χ0) is 11.4. The summed E-state index contributed by atoms with van der Waals surface area (Å²) in [5.41, 5.74) is 2.28. The molecule has 0 aliphatic rings. The minimum Gasteiger partial charge on any atom is -0.339 e. The van der Waals surface area contributed by atoms with Gasteiger partial charge in [0, 0.05) is 17.4 Å². The fourth-order valence-corrected chi connectivity index (χ4v) is 2.30. The molecule has 0 fully saturated rings. The number of thiophene rings is 1. The van der Waals surface area contributed by atoms with E-state index in [1.54, 1.807) is 11.3 Å². The van der Waals surface area contributed by atoms with Crippen molar-refractivity contribution in [3.8, 4) is 11.4 Å². The summed E-state index contributed by atoms with van der Waals surface area (Å²) in [7, 11) is 1.94. The lowest BCUT2D eigenvalue weighted by Gasteiger charge is -1.93. The molecule has 0 saturated carbocycles. The van der Waals surface area contributed by atoms with E-state index in [1.165, 1.54) is 5.56 Å². The van der Waals surface area contributed by atoms with Crippen molar-refractivity contribution < 1.29 is 4.52 Å². The van der Waals surface area contributed by atoms with Crippen molar-refractivity contribution in [2.24, 2.45) is 0 Å². The van der Waals surface area contributed by atoms with Gasteiger partial charge in [0.2, 0.25) is 11.7 Å². The molecular weight excluding hydrogens is 222 g/mol. The molecule has 0 radical (unpaired) electrons. The van der Waals surface area contributed by atoms with E-state index in [2.05, 4.69) is 33.1 Å². The second kappa shape index (κ2) is 5.23. The molecule has 0 aliphatic heterocycles. The maximum atomic E-state index is 5.21. The van der Waals surface area contributed by atoms with Gasteiger partial charge in [-0.25, -0.2) is 0 Å². The van der Waals surface area contributed by atoms with E-state index in [1.807, 2.05) is 7.05 Å². The highest BCUT2D eigenvalue weighted by atomic mass is 32.1. The van der Waals surface area contributed by atoms with Gasteiger partial charge in [-0.1, -0.05) is 5.16 Å². The quantitative estimate of drug-likeness (QED) is 0.810.